The smallest absolute Gasteiger partial charge is 0.226 e. The highest BCUT2D eigenvalue weighted by Crippen LogP contribution is 2.59. The number of carbonyl (C=O) groups is 1. The summed E-state index contributed by atoms with van der Waals surface area (Å²) >= 11 is 1.82. The van der Waals surface area contributed by atoms with Crippen LogP contribution in [-0.2, 0) is 4.79 Å². The van der Waals surface area contributed by atoms with Crippen LogP contribution in [0.1, 0.15) is 53.6 Å². The molecule has 1 spiro atoms. The van der Waals surface area contributed by atoms with Gasteiger partial charge in [-0.1, -0.05) is 0 Å². The highest BCUT2D eigenvalue weighted by Gasteiger charge is 2.58. The number of nitrogens with zero attached hydrogens (tertiary/aromatic N) is 2. The summed E-state index contributed by atoms with van der Waals surface area (Å²) in [6.07, 6.45) is 5.80. The molecule has 4 rings (SSSR count). The van der Waals surface area contributed by atoms with Crippen molar-refractivity contribution in [1.29, 1.82) is 0 Å². The first-order valence-corrected chi connectivity index (χ1v) is 9.84. The van der Waals surface area contributed by atoms with E-state index in [1.807, 2.05) is 11.3 Å². The summed E-state index contributed by atoms with van der Waals surface area (Å²) in [7, 11) is 0. The predicted molar refractivity (Wildman–Crippen MR) is 92.8 cm³/mol. The SMILES string of the molecule is Cc1nc(C2CCCN(C(=O)C3CC34CCNCC4)C2)sc1C. The fourth-order valence-electron chi connectivity index (χ4n) is 4.45. The van der Waals surface area contributed by atoms with Gasteiger partial charge in [0, 0.05) is 29.8 Å². The topological polar surface area (TPSA) is 45.2 Å². The Morgan fingerprint density at radius 3 is 2.83 bits per heavy atom. The Kier molecular flexibility index (Phi) is 3.96. The third-order valence-electron chi connectivity index (χ3n) is 6.21. The quantitative estimate of drug-likeness (QED) is 0.905. The molecular weight excluding hydrogens is 306 g/mol. The van der Waals surface area contributed by atoms with Crippen molar-refractivity contribution in [2.45, 2.75) is 51.9 Å². The zero-order chi connectivity index (χ0) is 16.0. The zero-order valence-corrected chi connectivity index (χ0v) is 15.0. The maximum atomic E-state index is 13.0. The van der Waals surface area contributed by atoms with Crippen LogP contribution in [0.25, 0.3) is 0 Å². The molecule has 0 radical (unpaired) electrons. The van der Waals surface area contributed by atoms with Crippen molar-refractivity contribution in [2.75, 3.05) is 26.2 Å². The molecule has 2 unspecified atom stereocenters. The molecule has 3 fully saturated rings. The molecule has 3 heterocycles. The van der Waals surface area contributed by atoms with Crippen LogP contribution in [-0.4, -0.2) is 42.0 Å². The number of likely N-dealkylation sites (tertiary alicyclic amines) is 1. The second-order valence-electron chi connectivity index (χ2n) is 7.69. The van der Waals surface area contributed by atoms with Crippen LogP contribution in [0.2, 0.25) is 0 Å². The third-order valence-corrected chi connectivity index (χ3v) is 7.45. The van der Waals surface area contributed by atoms with E-state index in [9.17, 15) is 4.79 Å². The number of thiazole rings is 1. The van der Waals surface area contributed by atoms with Gasteiger partial charge in [0.15, 0.2) is 0 Å². The first-order valence-electron chi connectivity index (χ1n) is 9.02. The second-order valence-corrected chi connectivity index (χ2v) is 8.92. The van der Waals surface area contributed by atoms with Crippen LogP contribution in [0.4, 0.5) is 0 Å². The summed E-state index contributed by atoms with van der Waals surface area (Å²) in [5.41, 5.74) is 1.51. The van der Waals surface area contributed by atoms with E-state index in [4.69, 9.17) is 4.98 Å². The van der Waals surface area contributed by atoms with Crippen molar-refractivity contribution in [3.8, 4) is 0 Å². The number of hydrogen-bond acceptors (Lipinski definition) is 4. The summed E-state index contributed by atoms with van der Waals surface area (Å²) in [5, 5.41) is 4.66. The van der Waals surface area contributed by atoms with Gasteiger partial charge in [-0.3, -0.25) is 4.79 Å². The van der Waals surface area contributed by atoms with Crippen LogP contribution in [0.5, 0.6) is 0 Å². The van der Waals surface area contributed by atoms with Crippen molar-refractivity contribution >= 4 is 17.2 Å². The average molecular weight is 334 g/mol. The predicted octanol–water partition coefficient (Wildman–Crippen LogP) is 2.86. The molecule has 1 amide bonds. The number of aromatic nitrogens is 1. The Balaban J connectivity index is 1.42. The second kappa shape index (κ2) is 5.85. The number of carbonyl (C=O) groups excluding carboxylic acids is 1. The maximum absolute atomic E-state index is 13.0. The molecule has 0 bridgehead atoms. The van der Waals surface area contributed by atoms with E-state index in [2.05, 4.69) is 24.1 Å². The van der Waals surface area contributed by atoms with Crippen LogP contribution >= 0.6 is 11.3 Å². The maximum Gasteiger partial charge on any atom is 0.226 e. The number of hydrogen-bond donors (Lipinski definition) is 1. The molecule has 1 N–H and O–H groups in total. The summed E-state index contributed by atoms with van der Waals surface area (Å²) in [5.74, 6) is 1.19. The molecule has 1 aliphatic carbocycles. The summed E-state index contributed by atoms with van der Waals surface area (Å²) in [6.45, 7) is 8.24. The lowest BCUT2D eigenvalue weighted by Crippen LogP contribution is -2.41. The molecule has 1 aromatic heterocycles. The molecule has 1 saturated carbocycles. The molecule has 126 valence electrons. The van der Waals surface area contributed by atoms with Gasteiger partial charge in [-0.25, -0.2) is 4.98 Å². The Morgan fingerprint density at radius 1 is 1.35 bits per heavy atom. The zero-order valence-electron chi connectivity index (χ0n) is 14.2. The van der Waals surface area contributed by atoms with Gasteiger partial charge < -0.3 is 10.2 Å². The molecule has 2 saturated heterocycles. The minimum absolute atomic E-state index is 0.308. The van der Waals surface area contributed by atoms with Gasteiger partial charge in [-0.05, 0) is 64.5 Å². The van der Waals surface area contributed by atoms with E-state index in [1.54, 1.807) is 0 Å². The molecule has 23 heavy (non-hydrogen) atoms. The molecule has 4 nitrogen and oxygen atoms in total. The fourth-order valence-corrected chi connectivity index (χ4v) is 5.49. The number of nitrogens with one attached hydrogen (secondary N) is 1. The van der Waals surface area contributed by atoms with Crippen LogP contribution in [0.3, 0.4) is 0 Å². The Hall–Kier alpha value is -0.940. The Morgan fingerprint density at radius 2 is 2.13 bits per heavy atom. The number of aryl methyl sites for hydroxylation is 2. The van der Waals surface area contributed by atoms with Gasteiger partial charge in [-0.15, -0.1) is 11.3 Å². The van der Waals surface area contributed by atoms with Crippen LogP contribution < -0.4 is 5.32 Å². The minimum Gasteiger partial charge on any atom is -0.342 e. The van der Waals surface area contributed by atoms with Crippen molar-refractivity contribution in [1.82, 2.24) is 15.2 Å². The first-order chi connectivity index (χ1) is 11.1. The van der Waals surface area contributed by atoms with E-state index in [-0.39, 0.29) is 0 Å². The van der Waals surface area contributed by atoms with Crippen molar-refractivity contribution in [2.24, 2.45) is 11.3 Å². The molecular formula is C18H27N3OS. The molecule has 1 aromatic rings. The molecule has 3 aliphatic rings. The van der Waals surface area contributed by atoms with E-state index in [0.717, 1.165) is 44.7 Å². The summed E-state index contributed by atoms with van der Waals surface area (Å²) < 4.78 is 0. The van der Waals surface area contributed by atoms with Gasteiger partial charge in [0.1, 0.15) is 0 Å². The number of piperidine rings is 2. The normalized spacial score (nSPS) is 29.7. The van der Waals surface area contributed by atoms with Crippen molar-refractivity contribution < 1.29 is 4.79 Å². The monoisotopic (exact) mass is 333 g/mol. The number of amides is 1. The first kappa shape index (κ1) is 15.6. The molecule has 2 aliphatic heterocycles. The lowest BCUT2D eigenvalue weighted by atomic mass is 9.91. The van der Waals surface area contributed by atoms with Crippen LogP contribution in [0.15, 0.2) is 0 Å². The summed E-state index contributed by atoms with van der Waals surface area (Å²) in [4.78, 5) is 21.2. The Bertz CT molecular complexity index is 586. The van der Waals surface area contributed by atoms with Gasteiger partial charge in [0.2, 0.25) is 5.91 Å². The lowest BCUT2D eigenvalue weighted by Gasteiger charge is -2.33. The van der Waals surface area contributed by atoms with Crippen LogP contribution in [0, 0.1) is 25.2 Å². The van der Waals surface area contributed by atoms with Gasteiger partial charge >= 0.3 is 0 Å². The summed E-state index contributed by atoms with van der Waals surface area (Å²) in [6, 6.07) is 0. The molecule has 2 atom stereocenters. The van der Waals surface area contributed by atoms with Gasteiger partial charge in [-0.2, -0.15) is 0 Å². The third kappa shape index (κ3) is 2.82. The van der Waals surface area contributed by atoms with Gasteiger partial charge in [0.25, 0.3) is 0 Å². The highest BCUT2D eigenvalue weighted by molar-refractivity contribution is 7.11. The van der Waals surface area contributed by atoms with E-state index < -0.39 is 0 Å². The fraction of sp³-hybridized carbons (Fsp3) is 0.778. The van der Waals surface area contributed by atoms with Crippen molar-refractivity contribution in [3.05, 3.63) is 15.6 Å². The van der Waals surface area contributed by atoms with Crippen molar-refractivity contribution in [3.63, 3.8) is 0 Å². The largest absolute Gasteiger partial charge is 0.342 e. The molecule has 0 aromatic carbocycles. The lowest BCUT2D eigenvalue weighted by molar-refractivity contribution is -0.134. The van der Waals surface area contributed by atoms with E-state index in [1.165, 1.54) is 29.1 Å². The van der Waals surface area contributed by atoms with Gasteiger partial charge in [0.05, 0.1) is 10.7 Å². The number of rotatable bonds is 2. The van der Waals surface area contributed by atoms with E-state index >= 15 is 0 Å². The minimum atomic E-state index is 0.308. The molecule has 5 heteroatoms. The average Bonchev–Trinajstić information content (AvgIpc) is 3.15. The van der Waals surface area contributed by atoms with E-state index in [0.29, 0.717) is 23.2 Å². The Labute approximate surface area is 142 Å². The standard InChI is InChI=1S/C18H27N3OS/c1-12-13(2)23-16(20-12)14-4-3-9-21(11-14)17(22)15-10-18(15)5-7-19-8-6-18/h14-15,19H,3-11H2,1-2H3. The highest BCUT2D eigenvalue weighted by atomic mass is 32.1.